The molecule has 2 heterocycles. The van der Waals surface area contributed by atoms with Crippen LogP contribution in [0.25, 0.3) is 0 Å². The van der Waals surface area contributed by atoms with Crippen LogP contribution in [0, 0.1) is 13.8 Å². The van der Waals surface area contributed by atoms with Gasteiger partial charge < -0.3 is 19.4 Å². The molecule has 1 aromatic carbocycles. The van der Waals surface area contributed by atoms with Crippen LogP contribution in [0.5, 0.6) is 11.5 Å². The smallest absolute Gasteiger partial charge is 0.230 e. The van der Waals surface area contributed by atoms with Crippen molar-refractivity contribution in [2.45, 2.75) is 63.6 Å². The number of hydrogen-bond donors (Lipinski definition) is 1. The zero-order valence-corrected chi connectivity index (χ0v) is 18.7. The number of amides is 1. The van der Waals surface area contributed by atoms with Crippen molar-refractivity contribution >= 4 is 17.7 Å². The van der Waals surface area contributed by atoms with Gasteiger partial charge in [-0.1, -0.05) is 37.1 Å². The molecule has 162 valence electrons. The van der Waals surface area contributed by atoms with E-state index in [4.69, 9.17) is 14.5 Å². The molecule has 0 atom stereocenters. The minimum atomic E-state index is 0.0473. The van der Waals surface area contributed by atoms with Crippen LogP contribution >= 0.6 is 11.8 Å². The highest BCUT2D eigenvalue weighted by Gasteiger charge is 2.22. The Balaban J connectivity index is 1.27. The third-order valence-corrected chi connectivity index (χ3v) is 6.92. The number of imidazole rings is 1. The summed E-state index contributed by atoms with van der Waals surface area (Å²) >= 11 is 1.55. The van der Waals surface area contributed by atoms with Gasteiger partial charge in [0.05, 0.1) is 11.4 Å². The number of carbonyl (C=O) groups is 1. The fourth-order valence-electron chi connectivity index (χ4n) is 4.24. The van der Waals surface area contributed by atoms with Crippen LogP contribution in [0.2, 0.25) is 0 Å². The molecule has 1 fully saturated rings. The lowest BCUT2D eigenvalue weighted by Gasteiger charge is -2.26. The van der Waals surface area contributed by atoms with Crippen LogP contribution in [-0.4, -0.2) is 41.0 Å². The first kappa shape index (κ1) is 21.1. The van der Waals surface area contributed by atoms with Crippen molar-refractivity contribution in [1.29, 1.82) is 0 Å². The maximum Gasteiger partial charge on any atom is 0.230 e. The Kier molecular flexibility index (Phi) is 6.87. The molecule has 0 spiro atoms. The van der Waals surface area contributed by atoms with Gasteiger partial charge in [0.15, 0.2) is 16.7 Å². The Morgan fingerprint density at radius 2 is 1.93 bits per heavy atom. The molecule has 30 heavy (non-hydrogen) atoms. The highest BCUT2D eigenvalue weighted by atomic mass is 32.2. The summed E-state index contributed by atoms with van der Waals surface area (Å²) in [5, 5.41) is 4.02. The molecule has 0 unspecified atom stereocenters. The van der Waals surface area contributed by atoms with Crippen LogP contribution in [-0.2, 0) is 11.2 Å². The van der Waals surface area contributed by atoms with E-state index in [0.29, 0.717) is 31.6 Å². The average molecular weight is 430 g/mol. The molecule has 1 aliphatic heterocycles. The predicted molar refractivity (Wildman–Crippen MR) is 119 cm³/mol. The van der Waals surface area contributed by atoms with E-state index >= 15 is 0 Å². The number of carbonyl (C=O) groups excluding carboxylic acids is 1. The first-order valence-corrected chi connectivity index (χ1v) is 11.9. The molecule has 7 heteroatoms. The van der Waals surface area contributed by atoms with Gasteiger partial charge in [-0.3, -0.25) is 4.79 Å². The topological polar surface area (TPSA) is 65.4 Å². The maximum atomic E-state index is 12.4. The van der Waals surface area contributed by atoms with E-state index in [1.807, 2.05) is 18.2 Å². The van der Waals surface area contributed by atoms with Crippen molar-refractivity contribution in [3.63, 3.8) is 0 Å². The van der Waals surface area contributed by atoms with E-state index in [-0.39, 0.29) is 5.91 Å². The molecule has 0 saturated heterocycles. The van der Waals surface area contributed by atoms with E-state index in [1.54, 1.807) is 11.8 Å². The summed E-state index contributed by atoms with van der Waals surface area (Å²) in [4.78, 5) is 17.2. The van der Waals surface area contributed by atoms with Crippen molar-refractivity contribution in [1.82, 2.24) is 14.9 Å². The lowest BCUT2D eigenvalue weighted by atomic mass is 9.95. The van der Waals surface area contributed by atoms with Crippen LogP contribution in [0.15, 0.2) is 23.4 Å². The Morgan fingerprint density at radius 3 is 2.73 bits per heavy atom. The lowest BCUT2D eigenvalue weighted by molar-refractivity contribution is -0.118. The van der Waals surface area contributed by atoms with Gasteiger partial charge in [-0.15, -0.1) is 0 Å². The number of fused-ring (bicyclic) bond motifs is 1. The molecule has 1 aliphatic carbocycles. The second-order valence-electron chi connectivity index (χ2n) is 8.09. The summed E-state index contributed by atoms with van der Waals surface area (Å²) < 4.78 is 13.6. The Bertz CT molecular complexity index is 890. The van der Waals surface area contributed by atoms with E-state index in [9.17, 15) is 4.79 Å². The SMILES string of the molecule is Cc1nc(SCC(=O)NCCc2ccc3c(c2)OCCO3)n(C2CCCCC2)c1C. The van der Waals surface area contributed by atoms with E-state index < -0.39 is 0 Å². The molecule has 6 nitrogen and oxygen atoms in total. The second kappa shape index (κ2) is 9.77. The fraction of sp³-hybridized carbons (Fsp3) is 0.565. The lowest BCUT2D eigenvalue weighted by Crippen LogP contribution is -2.27. The van der Waals surface area contributed by atoms with Crippen LogP contribution in [0.1, 0.15) is 55.1 Å². The molecule has 2 aromatic rings. The fourth-order valence-corrected chi connectivity index (χ4v) is 5.23. The molecule has 2 aliphatic rings. The highest BCUT2D eigenvalue weighted by Crippen LogP contribution is 2.34. The summed E-state index contributed by atoms with van der Waals surface area (Å²) in [6, 6.07) is 6.50. The van der Waals surface area contributed by atoms with Crippen LogP contribution in [0.4, 0.5) is 0 Å². The minimum absolute atomic E-state index is 0.0473. The van der Waals surface area contributed by atoms with Gasteiger partial charge in [0.2, 0.25) is 5.91 Å². The number of aromatic nitrogens is 2. The molecule has 1 amide bonds. The van der Waals surface area contributed by atoms with Gasteiger partial charge in [-0.2, -0.15) is 0 Å². The quantitative estimate of drug-likeness (QED) is 0.668. The molecular weight excluding hydrogens is 398 g/mol. The van der Waals surface area contributed by atoms with Crippen molar-refractivity contribution in [2.24, 2.45) is 0 Å². The summed E-state index contributed by atoms with van der Waals surface area (Å²) in [5.74, 6) is 2.03. The van der Waals surface area contributed by atoms with Crippen LogP contribution < -0.4 is 14.8 Å². The molecule has 4 rings (SSSR count). The summed E-state index contributed by atoms with van der Waals surface area (Å²) in [6.45, 7) is 5.99. The van der Waals surface area contributed by atoms with E-state index in [0.717, 1.165) is 34.3 Å². The van der Waals surface area contributed by atoms with Crippen molar-refractivity contribution < 1.29 is 14.3 Å². The Morgan fingerprint density at radius 1 is 1.17 bits per heavy atom. The number of ether oxygens (including phenoxy) is 2. The minimum Gasteiger partial charge on any atom is -0.486 e. The van der Waals surface area contributed by atoms with Crippen molar-refractivity contribution in [3.8, 4) is 11.5 Å². The molecule has 1 saturated carbocycles. The molecule has 1 N–H and O–H groups in total. The Hall–Kier alpha value is -2.15. The summed E-state index contributed by atoms with van der Waals surface area (Å²) in [7, 11) is 0. The highest BCUT2D eigenvalue weighted by molar-refractivity contribution is 7.99. The standard InChI is InChI=1S/C23H31N3O3S/c1-16-17(2)26(19-6-4-3-5-7-19)23(25-16)30-15-22(27)24-11-10-18-8-9-20-21(14-18)29-13-12-28-20/h8-9,14,19H,3-7,10-13,15H2,1-2H3,(H,24,27). The number of nitrogens with zero attached hydrogens (tertiary/aromatic N) is 2. The Labute approximate surface area is 182 Å². The zero-order chi connectivity index (χ0) is 20.9. The van der Waals surface area contributed by atoms with Crippen molar-refractivity contribution in [3.05, 3.63) is 35.2 Å². The maximum absolute atomic E-state index is 12.4. The normalized spacial score (nSPS) is 16.5. The van der Waals surface area contributed by atoms with E-state index in [2.05, 4.69) is 23.7 Å². The number of aryl methyl sites for hydroxylation is 1. The second-order valence-corrected chi connectivity index (χ2v) is 9.04. The number of hydrogen-bond acceptors (Lipinski definition) is 5. The number of nitrogens with one attached hydrogen (secondary N) is 1. The third kappa shape index (κ3) is 4.94. The number of benzene rings is 1. The molecule has 1 aromatic heterocycles. The van der Waals surface area contributed by atoms with Gasteiger partial charge >= 0.3 is 0 Å². The molecular formula is C23H31N3O3S. The number of rotatable bonds is 7. The monoisotopic (exact) mass is 429 g/mol. The van der Waals surface area contributed by atoms with Gasteiger partial charge in [0, 0.05) is 18.3 Å². The molecule has 0 bridgehead atoms. The molecule has 0 radical (unpaired) electrons. The zero-order valence-electron chi connectivity index (χ0n) is 17.9. The first-order valence-electron chi connectivity index (χ1n) is 11.0. The van der Waals surface area contributed by atoms with Gasteiger partial charge in [-0.25, -0.2) is 4.98 Å². The first-order chi connectivity index (χ1) is 14.6. The predicted octanol–water partition coefficient (Wildman–Crippen LogP) is 4.23. The van der Waals surface area contributed by atoms with Gasteiger partial charge in [0.1, 0.15) is 13.2 Å². The third-order valence-electron chi connectivity index (χ3n) is 5.97. The van der Waals surface area contributed by atoms with Crippen molar-refractivity contribution in [2.75, 3.05) is 25.5 Å². The largest absolute Gasteiger partial charge is 0.486 e. The average Bonchev–Trinajstić information content (AvgIpc) is 3.06. The van der Waals surface area contributed by atoms with Gasteiger partial charge in [0.25, 0.3) is 0 Å². The number of thioether (sulfide) groups is 1. The van der Waals surface area contributed by atoms with Gasteiger partial charge in [-0.05, 0) is 50.8 Å². The van der Waals surface area contributed by atoms with E-state index in [1.165, 1.54) is 37.8 Å². The summed E-state index contributed by atoms with van der Waals surface area (Å²) in [5.41, 5.74) is 3.44. The van der Waals surface area contributed by atoms with Crippen LogP contribution in [0.3, 0.4) is 0 Å². The summed E-state index contributed by atoms with van der Waals surface area (Å²) in [6.07, 6.45) is 7.09.